The van der Waals surface area contributed by atoms with E-state index >= 15 is 0 Å². The monoisotopic (exact) mass is 188 g/mol. The normalized spacial score (nSPS) is 13.7. The van der Waals surface area contributed by atoms with E-state index in [1.165, 1.54) is 0 Å². The Morgan fingerprint density at radius 3 is 2.31 bits per heavy atom. The summed E-state index contributed by atoms with van der Waals surface area (Å²) in [6, 6.07) is -0.765. The first kappa shape index (κ1) is 12.4. The van der Waals surface area contributed by atoms with E-state index in [-0.39, 0.29) is 0 Å². The molecule has 0 aliphatic rings. The van der Waals surface area contributed by atoms with Crippen molar-refractivity contribution in [1.82, 2.24) is 4.90 Å². The van der Waals surface area contributed by atoms with Crippen LogP contribution in [0.3, 0.4) is 0 Å². The van der Waals surface area contributed by atoms with E-state index in [9.17, 15) is 4.79 Å². The van der Waals surface area contributed by atoms with Crippen LogP contribution >= 0.6 is 0 Å². The van der Waals surface area contributed by atoms with E-state index in [1.807, 2.05) is 6.92 Å². The number of aliphatic carboxylic acids is 1. The maximum Gasteiger partial charge on any atom is 0.321 e. The van der Waals surface area contributed by atoms with Gasteiger partial charge >= 0.3 is 5.97 Å². The quantitative estimate of drug-likeness (QED) is 0.632. The lowest BCUT2D eigenvalue weighted by atomic mass is 10.2. The van der Waals surface area contributed by atoms with Crippen molar-refractivity contribution in [3.8, 4) is 0 Å². The molecule has 0 aromatic heterocycles. The fourth-order valence-electron chi connectivity index (χ4n) is 1.21. The lowest BCUT2D eigenvalue weighted by Gasteiger charge is -2.23. The fourth-order valence-corrected chi connectivity index (χ4v) is 1.21. The van der Waals surface area contributed by atoms with E-state index in [0.29, 0.717) is 12.5 Å². The van der Waals surface area contributed by atoms with Crippen molar-refractivity contribution in [3.63, 3.8) is 0 Å². The summed E-state index contributed by atoms with van der Waals surface area (Å²) in [6.45, 7) is 8.40. The van der Waals surface area contributed by atoms with Crippen LogP contribution in [0.2, 0.25) is 0 Å². The second-order valence-corrected chi connectivity index (χ2v) is 3.69. The molecule has 0 aliphatic heterocycles. The third kappa shape index (κ3) is 5.60. The van der Waals surface area contributed by atoms with Gasteiger partial charge in [0.25, 0.3) is 0 Å². The molecular weight excluding hydrogens is 168 g/mol. The molecule has 0 saturated heterocycles. The van der Waals surface area contributed by atoms with Crippen LogP contribution in [-0.4, -0.2) is 41.7 Å². The van der Waals surface area contributed by atoms with Gasteiger partial charge in [-0.2, -0.15) is 0 Å². The van der Waals surface area contributed by atoms with Crippen LogP contribution in [0.1, 0.15) is 20.8 Å². The van der Waals surface area contributed by atoms with Crippen molar-refractivity contribution < 1.29 is 9.90 Å². The molecule has 0 aliphatic carbocycles. The minimum atomic E-state index is -0.929. The van der Waals surface area contributed by atoms with Gasteiger partial charge in [0, 0.05) is 13.1 Å². The molecule has 0 aromatic carbocycles. The summed E-state index contributed by atoms with van der Waals surface area (Å²) in [5.74, 6) is -0.386. The third-order valence-electron chi connectivity index (χ3n) is 1.84. The first-order chi connectivity index (χ1) is 5.97. The average Bonchev–Trinajstić information content (AvgIpc) is 2.02. The van der Waals surface area contributed by atoms with Gasteiger partial charge in [0.15, 0.2) is 0 Å². The van der Waals surface area contributed by atoms with Gasteiger partial charge in [0.1, 0.15) is 6.04 Å². The Bertz CT molecular complexity index is 160. The minimum absolute atomic E-state index is 0.435. The van der Waals surface area contributed by atoms with Crippen LogP contribution in [0.15, 0.2) is 0 Å². The Labute approximate surface area is 79.7 Å². The zero-order valence-electron chi connectivity index (χ0n) is 8.66. The lowest BCUT2D eigenvalue weighted by molar-refractivity contribution is -0.139. The molecule has 0 spiro atoms. The highest BCUT2D eigenvalue weighted by Crippen LogP contribution is 1.98. The molecule has 78 valence electrons. The van der Waals surface area contributed by atoms with Gasteiger partial charge in [-0.25, -0.2) is 0 Å². The van der Waals surface area contributed by atoms with Gasteiger partial charge in [-0.1, -0.05) is 20.8 Å². The maximum absolute atomic E-state index is 10.5. The SMILES string of the molecule is CCN(CC(C)C)CC(N)C(=O)O. The van der Waals surface area contributed by atoms with Gasteiger partial charge in [-0.15, -0.1) is 0 Å². The molecule has 0 aromatic rings. The van der Waals surface area contributed by atoms with E-state index in [4.69, 9.17) is 10.8 Å². The summed E-state index contributed by atoms with van der Waals surface area (Å²) in [7, 11) is 0. The maximum atomic E-state index is 10.5. The first-order valence-corrected chi connectivity index (χ1v) is 4.68. The Morgan fingerprint density at radius 2 is 2.00 bits per heavy atom. The van der Waals surface area contributed by atoms with E-state index < -0.39 is 12.0 Å². The van der Waals surface area contributed by atoms with Crippen molar-refractivity contribution in [3.05, 3.63) is 0 Å². The lowest BCUT2D eigenvalue weighted by Crippen LogP contribution is -2.43. The number of carboxylic acid groups (broad SMARTS) is 1. The van der Waals surface area contributed by atoms with Crippen molar-refractivity contribution in [2.24, 2.45) is 11.7 Å². The molecule has 0 bridgehead atoms. The highest BCUT2D eigenvalue weighted by Gasteiger charge is 2.15. The zero-order valence-corrected chi connectivity index (χ0v) is 8.66. The Morgan fingerprint density at radius 1 is 1.46 bits per heavy atom. The number of hydrogen-bond acceptors (Lipinski definition) is 3. The van der Waals surface area contributed by atoms with Crippen LogP contribution in [0.5, 0.6) is 0 Å². The van der Waals surface area contributed by atoms with Crippen LogP contribution < -0.4 is 5.73 Å². The summed E-state index contributed by atoms with van der Waals surface area (Å²) < 4.78 is 0. The molecule has 13 heavy (non-hydrogen) atoms. The highest BCUT2D eigenvalue weighted by molar-refractivity contribution is 5.73. The van der Waals surface area contributed by atoms with Crippen molar-refractivity contribution in [1.29, 1.82) is 0 Å². The summed E-state index contributed by atoms with van der Waals surface area (Å²) in [6.07, 6.45) is 0. The number of hydrogen-bond donors (Lipinski definition) is 2. The molecule has 0 amide bonds. The number of carboxylic acids is 1. The van der Waals surface area contributed by atoms with Gasteiger partial charge in [-0.3, -0.25) is 4.79 Å². The van der Waals surface area contributed by atoms with Crippen LogP contribution in [0, 0.1) is 5.92 Å². The Kier molecular flexibility index (Phi) is 5.66. The molecule has 4 nitrogen and oxygen atoms in total. The molecular formula is C9H20N2O2. The van der Waals surface area contributed by atoms with E-state index in [0.717, 1.165) is 13.1 Å². The summed E-state index contributed by atoms with van der Waals surface area (Å²) in [4.78, 5) is 12.5. The third-order valence-corrected chi connectivity index (χ3v) is 1.84. The summed E-state index contributed by atoms with van der Waals surface area (Å²) >= 11 is 0. The van der Waals surface area contributed by atoms with E-state index in [1.54, 1.807) is 0 Å². The Hall–Kier alpha value is -0.610. The average molecular weight is 188 g/mol. The van der Waals surface area contributed by atoms with Crippen molar-refractivity contribution >= 4 is 5.97 Å². The number of carbonyl (C=O) groups is 1. The summed E-state index contributed by atoms with van der Waals surface area (Å²) in [5.41, 5.74) is 5.43. The van der Waals surface area contributed by atoms with Gasteiger partial charge < -0.3 is 15.7 Å². The smallest absolute Gasteiger partial charge is 0.321 e. The number of likely N-dealkylation sites (N-methyl/N-ethyl adjacent to an activating group) is 1. The standard InChI is InChI=1S/C9H20N2O2/c1-4-11(5-7(2)3)6-8(10)9(12)13/h7-8H,4-6,10H2,1-3H3,(H,12,13). The number of rotatable bonds is 6. The predicted molar refractivity (Wildman–Crippen MR) is 52.6 cm³/mol. The van der Waals surface area contributed by atoms with Gasteiger partial charge in [-0.05, 0) is 12.5 Å². The molecule has 0 rings (SSSR count). The second kappa shape index (κ2) is 5.94. The minimum Gasteiger partial charge on any atom is -0.480 e. The van der Waals surface area contributed by atoms with Crippen molar-refractivity contribution in [2.75, 3.05) is 19.6 Å². The second-order valence-electron chi connectivity index (χ2n) is 3.69. The predicted octanol–water partition coefficient (Wildman–Crippen LogP) is 0.376. The topological polar surface area (TPSA) is 66.6 Å². The molecule has 4 heteroatoms. The van der Waals surface area contributed by atoms with Crippen LogP contribution in [-0.2, 0) is 4.79 Å². The molecule has 1 atom stereocenters. The molecule has 0 saturated carbocycles. The van der Waals surface area contributed by atoms with Crippen molar-refractivity contribution in [2.45, 2.75) is 26.8 Å². The molecule has 0 heterocycles. The largest absolute Gasteiger partial charge is 0.480 e. The number of nitrogens with two attached hydrogens (primary N) is 1. The molecule has 0 fully saturated rings. The first-order valence-electron chi connectivity index (χ1n) is 4.68. The Balaban J connectivity index is 3.90. The van der Waals surface area contributed by atoms with Gasteiger partial charge in [0.2, 0.25) is 0 Å². The zero-order chi connectivity index (χ0) is 10.4. The molecule has 1 unspecified atom stereocenters. The van der Waals surface area contributed by atoms with Gasteiger partial charge in [0.05, 0.1) is 0 Å². The highest BCUT2D eigenvalue weighted by atomic mass is 16.4. The summed E-state index contributed by atoms with van der Waals surface area (Å²) in [5, 5.41) is 8.61. The fraction of sp³-hybridized carbons (Fsp3) is 0.889. The van der Waals surface area contributed by atoms with Crippen LogP contribution in [0.25, 0.3) is 0 Å². The van der Waals surface area contributed by atoms with Crippen LogP contribution in [0.4, 0.5) is 0 Å². The number of nitrogens with zero attached hydrogens (tertiary/aromatic N) is 1. The molecule has 3 N–H and O–H groups in total. The molecule has 0 radical (unpaired) electrons. The van der Waals surface area contributed by atoms with E-state index in [2.05, 4.69) is 18.7 Å².